The number of rotatable bonds is 6. The van der Waals surface area contributed by atoms with Gasteiger partial charge in [-0.05, 0) is 59.1 Å². The third-order valence-electron chi connectivity index (χ3n) is 3.55. The van der Waals surface area contributed by atoms with Crippen LogP contribution in [0.2, 0.25) is 0 Å². The van der Waals surface area contributed by atoms with Gasteiger partial charge in [-0.15, -0.1) is 0 Å². The zero-order valence-electron chi connectivity index (χ0n) is 17.9. The third kappa shape index (κ3) is 14.0. The van der Waals surface area contributed by atoms with Crippen LogP contribution in [0.15, 0.2) is 79.2 Å². The number of hydrogen-bond donors (Lipinski definition) is 0. The highest BCUT2D eigenvalue weighted by Crippen LogP contribution is 2.13. The second kappa shape index (κ2) is 17.5. The lowest BCUT2D eigenvalue weighted by Gasteiger charge is -2.03. The molecule has 0 aliphatic carbocycles. The Balaban J connectivity index is 0. The minimum atomic E-state index is 0.873. The summed E-state index contributed by atoms with van der Waals surface area (Å²) in [5.74, 6) is 0. The minimum absolute atomic E-state index is 0.873. The van der Waals surface area contributed by atoms with E-state index in [1.807, 2.05) is 56.8 Å². The van der Waals surface area contributed by atoms with Crippen molar-refractivity contribution in [1.82, 2.24) is 9.78 Å². The van der Waals surface area contributed by atoms with Gasteiger partial charge in [-0.3, -0.25) is 4.68 Å². The van der Waals surface area contributed by atoms with Gasteiger partial charge in [-0.2, -0.15) is 5.10 Å². The highest BCUT2D eigenvalue weighted by atomic mass is 15.3. The van der Waals surface area contributed by atoms with Gasteiger partial charge in [0.15, 0.2) is 0 Å². The molecule has 1 aromatic heterocycles. The van der Waals surface area contributed by atoms with Crippen LogP contribution in [0.5, 0.6) is 0 Å². The molecule has 0 radical (unpaired) electrons. The van der Waals surface area contributed by atoms with Crippen molar-refractivity contribution >= 4 is 5.57 Å². The van der Waals surface area contributed by atoms with E-state index < -0.39 is 0 Å². The first-order valence-corrected chi connectivity index (χ1v) is 9.21. The summed E-state index contributed by atoms with van der Waals surface area (Å²) in [4.78, 5) is 0. The summed E-state index contributed by atoms with van der Waals surface area (Å²) >= 11 is 0. The van der Waals surface area contributed by atoms with Crippen molar-refractivity contribution in [3.05, 3.63) is 84.8 Å². The van der Waals surface area contributed by atoms with E-state index in [0.29, 0.717) is 0 Å². The number of allylic oxidation sites excluding steroid dienone is 10. The SMILES string of the molecule is C/C=C\C.C/C=C\C=C(/CC)Cn1cc(/C(C)=C/C)cn1.C=CC(=C)C. The molecule has 2 heteroatoms. The van der Waals surface area contributed by atoms with Gasteiger partial charge in [0.2, 0.25) is 0 Å². The van der Waals surface area contributed by atoms with Crippen LogP contribution in [0, 0.1) is 0 Å². The van der Waals surface area contributed by atoms with Crippen molar-refractivity contribution in [2.24, 2.45) is 0 Å². The first-order valence-electron chi connectivity index (χ1n) is 9.21. The Hall–Kier alpha value is -2.35. The van der Waals surface area contributed by atoms with Crippen LogP contribution in [-0.2, 0) is 6.54 Å². The lowest BCUT2D eigenvalue weighted by atomic mass is 10.1. The molecule has 2 nitrogen and oxygen atoms in total. The van der Waals surface area contributed by atoms with Crippen LogP contribution < -0.4 is 0 Å². The smallest absolute Gasteiger partial charge is 0.0622 e. The minimum Gasteiger partial charge on any atom is -0.268 e. The Bertz CT molecular complexity index is 618. The molecule has 0 unspecified atom stereocenters. The van der Waals surface area contributed by atoms with E-state index in [0.717, 1.165) is 18.5 Å². The molecule has 144 valence electrons. The predicted octanol–water partition coefficient (Wildman–Crippen LogP) is 7.55. The number of nitrogens with zero attached hydrogens (tertiary/aromatic N) is 2. The number of aromatic nitrogens is 2. The molecular formula is C24H38N2. The Morgan fingerprint density at radius 1 is 1.12 bits per heavy atom. The van der Waals surface area contributed by atoms with Gasteiger partial charge in [0.1, 0.15) is 0 Å². The molecule has 0 atom stereocenters. The Kier molecular flexibility index (Phi) is 17.4. The molecule has 0 saturated carbocycles. The molecular weight excluding hydrogens is 316 g/mol. The Labute approximate surface area is 162 Å². The molecule has 0 bridgehead atoms. The molecule has 0 fully saturated rings. The van der Waals surface area contributed by atoms with Gasteiger partial charge < -0.3 is 0 Å². The summed E-state index contributed by atoms with van der Waals surface area (Å²) in [5.41, 5.74) is 4.88. The first kappa shape index (κ1) is 25.9. The first-order chi connectivity index (χ1) is 12.4. The van der Waals surface area contributed by atoms with E-state index >= 15 is 0 Å². The molecule has 0 spiro atoms. The van der Waals surface area contributed by atoms with E-state index in [-0.39, 0.29) is 0 Å². The van der Waals surface area contributed by atoms with Crippen LogP contribution in [0.3, 0.4) is 0 Å². The fraction of sp³-hybridized carbons (Fsp3) is 0.375. The maximum atomic E-state index is 4.39. The fourth-order valence-electron chi connectivity index (χ4n) is 1.54. The maximum Gasteiger partial charge on any atom is 0.0622 e. The van der Waals surface area contributed by atoms with Gasteiger partial charge in [-0.25, -0.2) is 0 Å². The zero-order valence-corrected chi connectivity index (χ0v) is 17.9. The zero-order chi connectivity index (χ0) is 20.4. The van der Waals surface area contributed by atoms with E-state index in [1.165, 1.54) is 16.7 Å². The second-order valence-electron chi connectivity index (χ2n) is 5.82. The molecule has 0 amide bonds. The summed E-state index contributed by atoms with van der Waals surface area (Å²) in [5, 5.41) is 4.39. The van der Waals surface area contributed by atoms with E-state index in [4.69, 9.17) is 0 Å². The van der Waals surface area contributed by atoms with Crippen molar-refractivity contribution < 1.29 is 0 Å². The van der Waals surface area contributed by atoms with Crippen LogP contribution in [0.25, 0.3) is 5.57 Å². The molecule has 1 heterocycles. The van der Waals surface area contributed by atoms with Crippen molar-refractivity contribution in [2.75, 3.05) is 0 Å². The van der Waals surface area contributed by atoms with E-state index in [1.54, 1.807) is 6.08 Å². The predicted molar refractivity (Wildman–Crippen MR) is 120 cm³/mol. The van der Waals surface area contributed by atoms with Gasteiger partial charge in [0.05, 0.1) is 12.7 Å². The molecule has 0 aliphatic rings. The van der Waals surface area contributed by atoms with Crippen molar-refractivity contribution in [2.45, 2.75) is 61.4 Å². The quantitative estimate of drug-likeness (QED) is 0.381. The molecule has 0 saturated heterocycles. The topological polar surface area (TPSA) is 17.8 Å². The molecule has 1 rings (SSSR count). The third-order valence-corrected chi connectivity index (χ3v) is 3.55. The van der Waals surface area contributed by atoms with Crippen LogP contribution in [0.4, 0.5) is 0 Å². The molecule has 0 aliphatic heterocycles. The molecule has 0 N–H and O–H groups in total. The lowest BCUT2D eigenvalue weighted by Crippen LogP contribution is -2.00. The molecule has 26 heavy (non-hydrogen) atoms. The lowest BCUT2D eigenvalue weighted by molar-refractivity contribution is 0.662. The number of hydrogen-bond acceptors (Lipinski definition) is 1. The normalized spacial score (nSPS) is 11.7. The van der Waals surface area contributed by atoms with Crippen molar-refractivity contribution in [3.8, 4) is 0 Å². The highest BCUT2D eigenvalue weighted by Gasteiger charge is 2.01. The summed E-state index contributed by atoms with van der Waals surface area (Å²) in [7, 11) is 0. The summed E-state index contributed by atoms with van der Waals surface area (Å²) in [6.45, 7) is 22.2. The van der Waals surface area contributed by atoms with Crippen molar-refractivity contribution in [1.29, 1.82) is 0 Å². The molecule has 0 aromatic carbocycles. The summed E-state index contributed by atoms with van der Waals surface area (Å²) in [6.07, 6.45) is 19.2. The average molecular weight is 355 g/mol. The monoisotopic (exact) mass is 354 g/mol. The summed E-state index contributed by atoms with van der Waals surface area (Å²) in [6, 6.07) is 0. The highest BCUT2D eigenvalue weighted by molar-refractivity contribution is 5.61. The van der Waals surface area contributed by atoms with Gasteiger partial charge >= 0.3 is 0 Å². The van der Waals surface area contributed by atoms with Crippen molar-refractivity contribution in [3.63, 3.8) is 0 Å². The fourth-order valence-corrected chi connectivity index (χ4v) is 1.54. The van der Waals surface area contributed by atoms with Crippen LogP contribution in [0.1, 0.15) is 60.5 Å². The summed E-state index contributed by atoms with van der Waals surface area (Å²) < 4.78 is 2.00. The van der Waals surface area contributed by atoms with Gasteiger partial charge in [0, 0.05) is 11.8 Å². The van der Waals surface area contributed by atoms with Crippen LogP contribution >= 0.6 is 0 Å². The standard InChI is InChI=1S/C15H22N2.C5H8.C4H8/c1-5-8-9-14(7-3)11-17-12-15(10-16-17)13(4)6-2;1-4-5(2)3;1-3-4-2/h5-6,8-10,12H,7,11H2,1-4H3;4H,1-2H2,3H3;3-4H,1-2H3/b8-5-,13-6+,14-9+;;4-3-. The maximum absolute atomic E-state index is 4.39. The Morgan fingerprint density at radius 2 is 1.69 bits per heavy atom. The van der Waals surface area contributed by atoms with Gasteiger partial charge in [-0.1, -0.05) is 68.2 Å². The van der Waals surface area contributed by atoms with E-state index in [2.05, 4.69) is 63.5 Å². The largest absolute Gasteiger partial charge is 0.268 e. The average Bonchev–Trinajstić information content (AvgIpc) is 3.13. The van der Waals surface area contributed by atoms with Gasteiger partial charge in [0.25, 0.3) is 0 Å². The van der Waals surface area contributed by atoms with Crippen LogP contribution in [-0.4, -0.2) is 9.78 Å². The molecule has 1 aromatic rings. The second-order valence-corrected chi connectivity index (χ2v) is 5.82. The Morgan fingerprint density at radius 3 is 2.08 bits per heavy atom. The van der Waals surface area contributed by atoms with E-state index in [9.17, 15) is 0 Å².